The summed E-state index contributed by atoms with van der Waals surface area (Å²) in [5, 5.41) is 13.6. The average Bonchev–Trinajstić information content (AvgIpc) is 2.82. The van der Waals surface area contributed by atoms with Gasteiger partial charge in [0.25, 0.3) is 5.69 Å². The minimum Gasteiger partial charge on any atom is -0.495 e. The van der Waals surface area contributed by atoms with Crippen molar-refractivity contribution >= 4 is 38.9 Å². The van der Waals surface area contributed by atoms with Gasteiger partial charge in [-0.15, -0.1) is 0 Å². The van der Waals surface area contributed by atoms with Crippen LogP contribution in [-0.2, 0) is 21.2 Å². The van der Waals surface area contributed by atoms with E-state index in [9.17, 15) is 23.3 Å². The minimum absolute atomic E-state index is 0.0261. The van der Waals surface area contributed by atoms with Crippen molar-refractivity contribution in [2.24, 2.45) is 0 Å². The molecule has 0 bridgehead atoms. The fraction of sp³-hybridized carbons (Fsp3) is 0.174. The zero-order chi connectivity index (χ0) is 24.7. The van der Waals surface area contributed by atoms with Crippen LogP contribution < -0.4 is 10.1 Å². The number of carbonyl (C=O) groups is 1. The van der Waals surface area contributed by atoms with Gasteiger partial charge in [-0.2, -0.15) is 4.31 Å². The summed E-state index contributed by atoms with van der Waals surface area (Å²) in [6, 6.07) is 18.7. The Balaban J connectivity index is 1.85. The Hall–Kier alpha value is -3.47. The molecule has 178 valence electrons. The van der Waals surface area contributed by atoms with Gasteiger partial charge >= 0.3 is 0 Å². The number of carbonyl (C=O) groups excluding carboxylic acids is 1. The Morgan fingerprint density at radius 3 is 2.47 bits per heavy atom. The maximum absolute atomic E-state index is 13.4. The Kier molecular flexibility index (Phi) is 8.21. The first kappa shape index (κ1) is 25.2. The predicted molar refractivity (Wildman–Crippen MR) is 129 cm³/mol. The molecule has 0 heterocycles. The fourth-order valence-electron chi connectivity index (χ4n) is 3.20. The molecule has 0 saturated carbocycles. The van der Waals surface area contributed by atoms with Crippen LogP contribution in [0.1, 0.15) is 5.56 Å². The first-order valence-corrected chi connectivity index (χ1v) is 11.9. The maximum atomic E-state index is 13.4. The average molecular weight is 504 g/mol. The summed E-state index contributed by atoms with van der Waals surface area (Å²) < 4.78 is 32.9. The van der Waals surface area contributed by atoms with Crippen molar-refractivity contribution < 1.29 is 22.9 Å². The van der Waals surface area contributed by atoms with Crippen LogP contribution in [0.5, 0.6) is 5.75 Å². The number of nitro groups is 1. The van der Waals surface area contributed by atoms with E-state index in [1.54, 1.807) is 0 Å². The lowest BCUT2D eigenvalue weighted by Crippen LogP contribution is -2.39. The number of ether oxygens (including phenoxy) is 1. The molecule has 0 atom stereocenters. The lowest BCUT2D eigenvalue weighted by atomic mass is 10.1. The largest absolute Gasteiger partial charge is 0.495 e. The van der Waals surface area contributed by atoms with E-state index in [1.807, 2.05) is 30.3 Å². The molecule has 3 rings (SSSR count). The van der Waals surface area contributed by atoms with Crippen molar-refractivity contribution in [3.05, 3.63) is 93.5 Å². The Morgan fingerprint density at radius 1 is 1.09 bits per heavy atom. The van der Waals surface area contributed by atoms with Crippen LogP contribution in [0, 0.1) is 10.1 Å². The number of anilines is 1. The highest BCUT2D eigenvalue weighted by atomic mass is 35.5. The highest BCUT2D eigenvalue weighted by molar-refractivity contribution is 7.89. The maximum Gasteiger partial charge on any atom is 0.271 e. The van der Waals surface area contributed by atoms with Crippen LogP contribution in [0.3, 0.4) is 0 Å². The van der Waals surface area contributed by atoms with Gasteiger partial charge in [-0.1, -0.05) is 48.0 Å². The molecule has 0 aliphatic heterocycles. The number of nitro benzene ring substituents is 1. The molecule has 3 aromatic carbocycles. The predicted octanol–water partition coefficient (Wildman–Crippen LogP) is 4.13. The third kappa shape index (κ3) is 6.31. The molecule has 11 heteroatoms. The topological polar surface area (TPSA) is 119 Å². The summed E-state index contributed by atoms with van der Waals surface area (Å²) in [4.78, 5) is 23.0. The van der Waals surface area contributed by atoms with Crippen LogP contribution >= 0.6 is 11.6 Å². The van der Waals surface area contributed by atoms with Crippen molar-refractivity contribution in [3.8, 4) is 5.75 Å². The molecule has 34 heavy (non-hydrogen) atoms. The van der Waals surface area contributed by atoms with Gasteiger partial charge in [0, 0.05) is 24.4 Å². The number of nitrogens with zero attached hydrogens (tertiary/aromatic N) is 2. The first-order valence-electron chi connectivity index (χ1n) is 10.1. The zero-order valence-electron chi connectivity index (χ0n) is 18.2. The van der Waals surface area contributed by atoms with E-state index in [-0.39, 0.29) is 27.8 Å². The summed E-state index contributed by atoms with van der Waals surface area (Å²) in [7, 11) is -2.69. The normalized spacial score (nSPS) is 11.3. The van der Waals surface area contributed by atoms with E-state index in [0.29, 0.717) is 12.2 Å². The van der Waals surface area contributed by atoms with Gasteiger partial charge < -0.3 is 10.1 Å². The van der Waals surface area contributed by atoms with E-state index >= 15 is 0 Å². The number of hydrogen-bond donors (Lipinski definition) is 1. The van der Waals surface area contributed by atoms with E-state index in [2.05, 4.69) is 5.32 Å². The minimum atomic E-state index is -4.10. The summed E-state index contributed by atoms with van der Waals surface area (Å²) in [6.07, 6.45) is 0.369. The number of amides is 1. The molecule has 0 aromatic heterocycles. The van der Waals surface area contributed by atoms with E-state index in [0.717, 1.165) is 9.87 Å². The molecule has 1 amide bonds. The molecule has 3 aromatic rings. The molecule has 0 saturated heterocycles. The molecule has 0 aliphatic rings. The van der Waals surface area contributed by atoms with Gasteiger partial charge in [0.15, 0.2) is 0 Å². The third-order valence-electron chi connectivity index (χ3n) is 4.91. The quantitative estimate of drug-likeness (QED) is 0.328. The number of benzene rings is 3. The van der Waals surface area contributed by atoms with Gasteiger partial charge in [-0.05, 0) is 36.2 Å². The van der Waals surface area contributed by atoms with Crippen LogP contribution in [0.25, 0.3) is 0 Å². The number of rotatable bonds is 10. The highest BCUT2D eigenvalue weighted by Gasteiger charge is 2.27. The Labute approximate surface area is 202 Å². The van der Waals surface area contributed by atoms with Crippen molar-refractivity contribution in [1.29, 1.82) is 0 Å². The van der Waals surface area contributed by atoms with Crippen LogP contribution in [0.4, 0.5) is 11.4 Å². The molecule has 1 N–H and O–H groups in total. The van der Waals surface area contributed by atoms with Crippen LogP contribution in [-0.4, -0.2) is 43.8 Å². The molecule has 0 fully saturated rings. The van der Waals surface area contributed by atoms with Crippen LogP contribution in [0.2, 0.25) is 5.02 Å². The van der Waals surface area contributed by atoms with Crippen LogP contribution in [0.15, 0.2) is 77.7 Å². The molecule has 9 nitrogen and oxygen atoms in total. The zero-order valence-corrected chi connectivity index (χ0v) is 19.8. The summed E-state index contributed by atoms with van der Waals surface area (Å²) >= 11 is 6.12. The SMILES string of the molecule is COc1ccc(S(=O)(=O)N(CCc2ccccc2)CC(=O)Nc2cccc([N+](=O)[O-])c2)cc1Cl. The van der Waals surface area contributed by atoms with Gasteiger partial charge in [-0.25, -0.2) is 8.42 Å². The fourth-order valence-corrected chi connectivity index (χ4v) is 4.94. The van der Waals surface area contributed by atoms with Gasteiger partial charge in [-0.3, -0.25) is 14.9 Å². The smallest absolute Gasteiger partial charge is 0.271 e. The molecule has 0 unspecified atom stereocenters. The molecule has 0 aliphatic carbocycles. The van der Waals surface area contributed by atoms with E-state index < -0.39 is 27.4 Å². The van der Waals surface area contributed by atoms with Gasteiger partial charge in [0.1, 0.15) is 5.75 Å². The van der Waals surface area contributed by atoms with E-state index in [4.69, 9.17) is 16.3 Å². The molecule has 0 radical (unpaired) electrons. The second-order valence-corrected chi connectivity index (χ2v) is 9.57. The molecular formula is C23H22ClN3O6S. The lowest BCUT2D eigenvalue weighted by molar-refractivity contribution is -0.384. The van der Waals surface area contributed by atoms with Crippen molar-refractivity contribution in [3.63, 3.8) is 0 Å². The van der Waals surface area contributed by atoms with Gasteiger partial charge in [0.05, 0.1) is 28.5 Å². The number of non-ortho nitro benzene ring substituents is 1. The number of halogens is 1. The number of hydrogen-bond acceptors (Lipinski definition) is 6. The van der Waals surface area contributed by atoms with Gasteiger partial charge in [0.2, 0.25) is 15.9 Å². The monoisotopic (exact) mass is 503 g/mol. The summed E-state index contributed by atoms with van der Waals surface area (Å²) in [5.41, 5.74) is 0.890. The number of methoxy groups -OCH3 is 1. The molecular weight excluding hydrogens is 482 g/mol. The first-order chi connectivity index (χ1) is 16.2. The standard InChI is InChI=1S/C23H22ClN3O6S/c1-33-22-11-10-20(15-21(22)24)34(31,32)26(13-12-17-6-3-2-4-7-17)16-23(28)25-18-8-5-9-19(14-18)27(29)30/h2-11,14-15H,12-13,16H2,1H3,(H,25,28). The summed E-state index contributed by atoms with van der Waals surface area (Å²) in [5.74, 6) is -0.323. The third-order valence-corrected chi connectivity index (χ3v) is 7.05. The lowest BCUT2D eigenvalue weighted by Gasteiger charge is -2.22. The number of nitrogens with one attached hydrogen (secondary N) is 1. The summed E-state index contributed by atoms with van der Waals surface area (Å²) in [6.45, 7) is -0.472. The highest BCUT2D eigenvalue weighted by Crippen LogP contribution is 2.28. The van der Waals surface area contributed by atoms with Crippen molar-refractivity contribution in [2.45, 2.75) is 11.3 Å². The number of sulfonamides is 1. The molecule has 0 spiro atoms. The van der Waals surface area contributed by atoms with E-state index in [1.165, 1.54) is 49.6 Å². The second-order valence-electron chi connectivity index (χ2n) is 7.23. The Bertz CT molecular complexity index is 1280. The van der Waals surface area contributed by atoms with Crippen molar-refractivity contribution in [1.82, 2.24) is 4.31 Å². The second kappa shape index (κ2) is 11.1. The van der Waals surface area contributed by atoms with Crippen molar-refractivity contribution in [2.75, 3.05) is 25.5 Å². The Morgan fingerprint density at radius 2 is 1.82 bits per heavy atom.